The van der Waals surface area contributed by atoms with Gasteiger partial charge in [0.05, 0.1) is 6.54 Å². The first-order valence-corrected chi connectivity index (χ1v) is 4.87. The Morgan fingerprint density at radius 2 is 2.27 bits per heavy atom. The van der Waals surface area contributed by atoms with Gasteiger partial charge in [0.15, 0.2) is 0 Å². The molecule has 2 rings (SSSR count). The van der Waals surface area contributed by atoms with Gasteiger partial charge in [-0.05, 0) is 30.7 Å². The zero-order chi connectivity index (χ0) is 10.8. The third-order valence-electron chi connectivity index (χ3n) is 2.06. The smallest absolute Gasteiger partial charge is 0.240 e. The zero-order valence-corrected chi connectivity index (χ0v) is 8.95. The van der Waals surface area contributed by atoms with E-state index >= 15 is 0 Å². The topological polar surface area (TPSA) is 64.9 Å². The highest BCUT2D eigenvalue weighted by Gasteiger charge is 2.07. The third-order valence-corrected chi connectivity index (χ3v) is 2.48. The zero-order valence-electron chi connectivity index (χ0n) is 8.20. The van der Waals surface area contributed by atoms with E-state index in [-0.39, 0.29) is 6.54 Å². The van der Waals surface area contributed by atoms with Gasteiger partial charge in [0.1, 0.15) is 0 Å². The van der Waals surface area contributed by atoms with Crippen molar-refractivity contribution in [1.29, 1.82) is 0 Å². The van der Waals surface area contributed by atoms with Crippen LogP contribution < -0.4 is 5.73 Å². The monoisotopic (exact) mass is 223 g/mol. The molecule has 0 spiro atoms. The van der Waals surface area contributed by atoms with Gasteiger partial charge in [-0.1, -0.05) is 16.8 Å². The number of hydrogen-bond donors (Lipinski definition) is 1. The Labute approximate surface area is 92.0 Å². The van der Waals surface area contributed by atoms with E-state index in [9.17, 15) is 0 Å². The predicted molar refractivity (Wildman–Crippen MR) is 57.4 cm³/mol. The molecule has 0 saturated heterocycles. The summed E-state index contributed by atoms with van der Waals surface area (Å²) in [6, 6.07) is 5.57. The van der Waals surface area contributed by atoms with Crippen molar-refractivity contribution < 1.29 is 4.52 Å². The Morgan fingerprint density at radius 3 is 2.87 bits per heavy atom. The molecule has 0 aliphatic carbocycles. The summed E-state index contributed by atoms with van der Waals surface area (Å²) in [6.07, 6.45) is 0. The van der Waals surface area contributed by atoms with Crippen LogP contribution in [0, 0.1) is 6.92 Å². The van der Waals surface area contributed by atoms with Gasteiger partial charge in [0.2, 0.25) is 11.7 Å². The van der Waals surface area contributed by atoms with Crippen LogP contribution in [0.1, 0.15) is 11.5 Å². The Kier molecular flexibility index (Phi) is 2.70. The van der Waals surface area contributed by atoms with Gasteiger partial charge in [0, 0.05) is 10.6 Å². The average molecular weight is 224 g/mol. The normalized spacial score (nSPS) is 10.6. The summed E-state index contributed by atoms with van der Waals surface area (Å²) in [5.41, 5.74) is 7.23. The van der Waals surface area contributed by atoms with E-state index in [1.165, 1.54) is 0 Å². The minimum atomic E-state index is 0.250. The van der Waals surface area contributed by atoms with Gasteiger partial charge in [-0.3, -0.25) is 0 Å². The van der Waals surface area contributed by atoms with Crippen molar-refractivity contribution in [2.24, 2.45) is 5.73 Å². The van der Waals surface area contributed by atoms with Crippen molar-refractivity contribution in [1.82, 2.24) is 10.1 Å². The number of benzene rings is 1. The molecule has 0 aliphatic rings. The van der Waals surface area contributed by atoms with Gasteiger partial charge in [-0.2, -0.15) is 4.98 Å². The highest BCUT2D eigenvalue weighted by atomic mass is 35.5. The lowest BCUT2D eigenvalue weighted by Crippen LogP contribution is -1.95. The van der Waals surface area contributed by atoms with E-state index in [2.05, 4.69) is 10.1 Å². The summed E-state index contributed by atoms with van der Waals surface area (Å²) in [7, 11) is 0. The number of hydrogen-bond acceptors (Lipinski definition) is 4. The molecule has 0 amide bonds. The Hall–Kier alpha value is -1.39. The molecule has 1 heterocycles. The summed E-state index contributed by atoms with van der Waals surface area (Å²) in [4.78, 5) is 4.12. The fraction of sp³-hybridized carbons (Fsp3) is 0.200. The second-order valence-corrected chi connectivity index (χ2v) is 3.59. The Morgan fingerprint density at radius 1 is 1.47 bits per heavy atom. The van der Waals surface area contributed by atoms with Crippen LogP contribution in [-0.2, 0) is 6.54 Å². The number of aromatic nitrogens is 2. The molecule has 4 nitrogen and oxygen atoms in total. The SMILES string of the molecule is Cc1cc(-c2noc(CN)n2)ccc1Cl. The molecular weight excluding hydrogens is 214 g/mol. The van der Waals surface area contributed by atoms with Crippen LogP contribution >= 0.6 is 11.6 Å². The number of halogens is 1. The van der Waals surface area contributed by atoms with E-state index in [1.54, 1.807) is 0 Å². The first kappa shape index (κ1) is 10.1. The van der Waals surface area contributed by atoms with Crippen molar-refractivity contribution in [2.75, 3.05) is 0 Å². The average Bonchev–Trinajstić information content (AvgIpc) is 2.70. The van der Waals surface area contributed by atoms with E-state index in [0.717, 1.165) is 16.1 Å². The van der Waals surface area contributed by atoms with Crippen LogP contribution in [0.2, 0.25) is 5.02 Å². The molecule has 15 heavy (non-hydrogen) atoms. The van der Waals surface area contributed by atoms with Crippen LogP contribution in [0.25, 0.3) is 11.4 Å². The minimum absolute atomic E-state index is 0.250. The fourth-order valence-electron chi connectivity index (χ4n) is 1.24. The molecule has 0 fully saturated rings. The van der Waals surface area contributed by atoms with Crippen LogP contribution in [0.3, 0.4) is 0 Å². The van der Waals surface area contributed by atoms with Gasteiger partial charge >= 0.3 is 0 Å². The lowest BCUT2D eigenvalue weighted by atomic mass is 10.1. The molecule has 0 radical (unpaired) electrons. The van der Waals surface area contributed by atoms with Crippen LogP contribution in [0.4, 0.5) is 0 Å². The molecule has 2 N–H and O–H groups in total. The van der Waals surface area contributed by atoms with Crippen LogP contribution in [-0.4, -0.2) is 10.1 Å². The Bertz CT molecular complexity index is 481. The van der Waals surface area contributed by atoms with Crippen molar-refractivity contribution in [3.05, 3.63) is 34.7 Å². The van der Waals surface area contributed by atoms with Crippen molar-refractivity contribution in [3.63, 3.8) is 0 Å². The minimum Gasteiger partial charge on any atom is -0.338 e. The molecule has 0 atom stereocenters. The molecule has 0 saturated carbocycles. The quantitative estimate of drug-likeness (QED) is 0.847. The van der Waals surface area contributed by atoms with Crippen molar-refractivity contribution in [2.45, 2.75) is 13.5 Å². The van der Waals surface area contributed by atoms with Crippen molar-refractivity contribution >= 4 is 11.6 Å². The molecule has 5 heteroatoms. The van der Waals surface area contributed by atoms with E-state index < -0.39 is 0 Å². The maximum absolute atomic E-state index is 5.92. The van der Waals surface area contributed by atoms with Gasteiger partial charge in [0.25, 0.3) is 0 Å². The second-order valence-electron chi connectivity index (χ2n) is 3.18. The van der Waals surface area contributed by atoms with Gasteiger partial charge in [-0.15, -0.1) is 0 Å². The number of nitrogens with zero attached hydrogens (tertiary/aromatic N) is 2. The van der Waals surface area contributed by atoms with Gasteiger partial charge in [-0.25, -0.2) is 0 Å². The third kappa shape index (κ3) is 2.00. The lowest BCUT2D eigenvalue weighted by molar-refractivity contribution is 0.380. The first-order valence-electron chi connectivity index (χ1n) is 4.50. The molecule has 78 valence electrons. The molecule has 2 aromatic rings. The molecular formula is C10H10ClN3O. The molecule has 0 unspecified atom stereocenters. The summed E-state index contributed by atoms with van der Waals surface area (Å²) < 4.78 is 4.92. The Balaban J connectivity index is 2.40. The highest BCUT2D eigenvalue weighted by molar-refractivity contribution is 6.31. The largest absolute Gasteiger partial charge is 0.338 e. The first-order chi connectivity index (χ1) is 7.20. The number of aryl methyl sites for hydroxylation is 1. The highest BCUT2D eigenvalue weighted by Crippen LogP contribution is 2.22. The van der Waals surface area contributed by atoms with Crippen LogP contribution in [0.5, 0.6) is 0 Å². The van der Waals surface area contributed by atoms with Gasteiger partial charge < -0.3 is 10.3 Å². The maximum Gasteiger partial charge on any atom is 0.240 e. The summed E-state index contributed by atoms with van der Waals surface area (Å²) in [5.74, 6) is 0.966. The molecule has 1 aromatic heterocycles. The number of rotatable bonds is 2. The van der Waals surface area contributed by atoms with E-state index in [0.29, 0.717) is 11.7 Å². The lowest BCUT2D eigenvalue weighted by Gasteiger charge is -1.98. The summed E-state index contributed by atoms with van der Waals surface area (Å²) in [6.45, 7) is 2.18. The fourth-order valence-corrected chi connectivity index (χ4v) is 1.36. The van der Waals surface area contributed by atoms with Crippen molar-refractivity contribution in [3.8, 4) is 11.4 Å². The molecule has 1 aromatic carbocycles. The summed E-state index contributed by atoms with van der Waals surface area (Å²) in [5, 5.41) is 4.54. The standard InChI is InChI=1S/C10H10ClN3O/c1-6-4-7(2-3-8(6)11)10-13-9(5-12)15-14-10/h2-4H,5,12H2,1H3. The maximum atomic E-state index is 5.92. The number of nitrogens with two attached hydrogens (primary N) is 1. The molecule has 0 bridgehead atoms. The molecule has 0 aliphatic heterocycles. The second kappa shape index (κ2) is 4.00. The van der Waals surface area contributed by atoms with Crippen LogP contribution in [0.15, 0.2) is 22.7 Å². The summed E-state index contributed by atoms with van der Waals surface area (Å²) >= 11 is 5.92. The van der Waals surface area contributed by atoms with E-state index in [4.69, 9.17) is 21.9 Å². The predicted octanol–water partition coefficient (Wildman–Crippen LogP) is 2.16. The van der Waals surface area contributed by atoms with E-state index in [1.807, 2.05) is 25.1 Å².